The van der Waals surface area contributed by atoms with Gasteiger partial charge < -0.3 is 0 Å². The van der Waals surface area contributed by atoms with Crippen molar-refractivity contribution in [3.63, 3.8) is 0 Å². The van der Waals surface area contributed by atoms with Gasteiger partial charge in [0, 0.05) is 14.3 Å². The molecule has 2 amide bonds. The van der Waals surface area contributed by atoms with Crippen molar-refractivity contribution in [2.45, 2.75) is 44.3 Å². The van der Waals surface area contributed by atoms with Crippen LogP contribution in [0.3, 0.4) is 0 Å². The Hall–Kier alpha value is -0.510. The van der Waals surface area contributed by atoms with E-state index in [2.05, 4.69) is 0 Å². The number of amides is 2. The summed E-state index contributed by atoms with van der Waals surface area (Å²) < 4.78 is 7.00. The van der Waals surface area contributed by atoms with Crippen LogP contribution < -0.4 is 0 Å². The fraction of sp³-hybridized carbons (Fsp3) is 0.818. The van der Waals surface area contributed by atoms with Crippen LogP contribution in [0.5, 0.6) is 0 Å². The van der Waals surface area contributed by atoms with Crippen LogP contribution >= 0.6 is 11.8 Å². The van der Waals surface area contributed by atoms with Gasteiger partial charge in [-0.25, -0.2) is 0 Å². The first-order valence-corrected chi connectivity index (χ1v) is 6.65. The summed E-state index contributed by atoms with van der Waals surface area (Å²) in [5.41, 5.74) is 0. The Labute approximate surface area is 97.0 Å². The first-order chi connectivity index (χ1) is 7.70. The maximum atomic E-state index is 11.7. The van der Waals surface area contributed by atoms with Gasteiger partial charge in [0.15, 0.2) is 0 Å². The van der Waals surface area contributed by atoms with Crippen LogP contribution in [-0.4, -0.2) is 34.8 Å². The lowest BCUT2D eigenvalue weighted by molar-refractivity contribution is -0.138. The van der Waals surface area contributed by atoms with Gasteiger partial charge in [-0.2, -0.15) is 11.8 Å². The standard InChI is InChI=1S/C11H19NO2S/c1-3-4-5-6-7-12-10(13)8-9(15-2)11(12)14/h9H,3-8H2,1-2H3/i1D. The maximum absolute atomic E-state index is 11.7. The molecule has 4 heteroatoms. The molecule has 1 heterocycles. The van der Waals surface area contributed by atoms with Crippen LogP contribution in [0.1, 0.15) is 40.4 Å². The summed E-state index contributed by atoms with van der Waals surface area (Å²) in [7, 11) is 0. The van der Waals surface area contributed by atoms with Gasteiger partial charge in [-0.15, -0.1) is 0 Å². The Morgan fingerprint density at radius 1 is 1.47 bits per heavy atom. The molecule has 0 bridgehead atoms. The summed E-state index contributed by atoms with van der Waals surface area (Å²) in [6.45, 7) is 1.03. The number of hydrogen-bond donors (Lipinski definition) is 0. The van der Waals surface area contributed by atoms with E-state index in [1.165, 1.54) is 16.7 Å². The van der Waals surface area contributed by atoms with Gasteiger partial charge in [0.1, 0.15) is 0 Å². The summed E-state index contributed by atoms with van der Waals surface area (Å²) in [6, 6.07) is 0. The topological polar surface area (TPSA) is 37.4 Å². The van der Waals surface area contributed by atoms with Crippen LogP contribution in [0.4, 0.5) is 0 Å². The number of imide groups is 1. The van der Waals surface area contributed by atoms with Gasteiger partial charge in [-0.05, 0) is 12.7 Å². The molecule has 0 aliphatic carbocycles. The number of carbonyl (C=O) groups excluding carboxylic acids is 2. The average Bonchev–Trinajstić information content (AvgIpc) is 2.55. The third-order valence-electron chi connectivity index (χ3n) is 2.62. The minimum atomic E-state index is -0.152. The molecule has 1 unspecified atom stereocenters. The largest absolute Gasteiger partial charge is 0.282 e. The molecule has 0 N–H and O–H groups in total. The highest BCUT2D eigenvalue weighted by Gasteiger charge is 2.37. The first kappa shape index (κ1) is 11.0. The molecule has 1 aliphatic rings. The van der Waals surface area contributed by atoms with E-state index in [-0.39, 0.29) is 17.1 Å². The average molecular weight is 230 g/mol. The van der Waals surface area contributed by atoms with E-state index in [4.69, 9.17) is 1.37 Å². The number of hydrogen-bond acceptors (Lipinski definition) is 3. The molecule has 0 saturated carbocycles. The van der Waals surface area contributed by atoms with Crippen molar-refractivity contribution in [2.24, 2.45) is 0 Å². The predicted octanol–water partition coefficient (Wildman–Crippen LogP) is 2.06. The number of thioether (sulfide) groups is 1. The van der Waals surface area contributed by atoms with Crippen LogP contribution in [-0.2, 0) is 9.59 Å². The van der Waals surface area contributed by atoms with Crippen LogP contribution in [0.15, 0.2) is 0 Å². The third-order valence-corrected chi connectivity index (χ3v) is 3.56. The number of likely N-dealkylation sites (tertiary alicyclic amines) is 1. The molecule has 0 aromatic heterocycles. The second kappa shape index (κ2) is 6.16. The summed E-state index contributed by atoms with van der Waals surface area (Å²) >= 11 is 1.46. The van der Waals surface area contributed by atoms with Crippen LogP contribution in [0.25, 0.3) is 0 Å². The predicted molar refractivity (Wildman–Crippen MR) is 62.8 cm³/mol. The van der Waals surface area contributed by atoms with Gasteiger partial charge in [-0.3, -0.25) is 14.5 Å². The third kappa shape index (κ3) is 3.23. The van der Waals surface area contributed by atoms with Gasteiger partial charge in [0.25, 0.3) is 0 Å². The molecule has 0 spiro atoms. The van der Waals surface area contributed by atoms with Crippen molar-refractivity contribution in [3.8, 4) is 0 Å². The molecular formula is C11H19NO2S. The normalized spacial score (nSPS) is 22.3. The van der Waals surface area contributed by atoms with Crippen molar-refractivity contribution in [3.05, 3.63) is 0 Å². The summed E-state index contributed by atoms with van der Waals surface area (Å²) in [5, 5.41) is -0.152. The molecule has 1 fully saturated rings. The van der Waals surface area contributed by atoms with Gasteiger partial charge in [0.2, 0.25) is 11.8 Å². The van der Waals surface area contributed by atoms with Gasteiger partial charge >= 0.3 is 0 Å². The Bertz CT molecular complexity index is 260. The SMILES string of the molecule is [2H]CCCCCCN1C(=O)CC(SC)C1=O. The Morgan fingerprint density at radius 2 is 2.27 bits per heavy atom. The Morgan fingerprint density at radius 3 is 2.87 bits per heavy atom. The zero-order valence-electron chi connectivity index (χ0n) is 10.2. The van der Waals surface area contributed by atoms with E-state index in [0.717, 1.165) is 25.7 Å². The van der Waals surface area contributed by atoms with E-state index < -0.39 is 0 Å². The molecule has 1 atom stereocenters. The van der Waals surface area contributed by atoms with Crippen molar-refractivity contribution < 1.29 is 11.0 Å². The van der Waals surface area contributed by atoms with Crippen molar-refractivity contribution in [2.75, 3.05) is 12.8 Å². The second-order valence-corrected chi connectivity index (χ2v) is 4.77. The zero-order valence-corrected chi connectivity index (χ0v) is 10.0. The molecule has 15 heavy (non-hydrogen) atoms. The van der Waals surface area contributed by atoms with E-state index >= 15 is 0 Å². The maximum Gasteiger partial charge on any atom is 0.242 e. The molecule has 1 saturated heterocycles. The smallest absolute Gasteiger partial charge is 0.242 e. The Balaban J connectivity index is 2.26. The van der Waals surface area contributed by atoms with E-state index in [9.17, 15) is 9.59 Å². The van der Waals surface area contributed by atoms with E-state index in [0.29, 0.717) is 19.9 Å². The van der Waals surface area contributed by atoms with E-state index in [1.807, 2.05) is 6.26 Å². The molecule has 3 nitrogen and oxygen atoms in total. The lowest BCUT2D eigenvalue weighted by atomic mass is 10.2. The summed E-state index contributed by atoms with van der Waals surface area (Å²) in [5.74, 6) is -0.0390. The molecule has 86 valence electrons. The highest BCUT2D eigenvalue weighted by Crippen LogP contribution is 2.23. The molecule has 1 aliphatic heterocycles. The highest BCUT2D eigenvalue weighted by molar-refractivity contribution is 8.00. The highest BCUT2D eigenvalue weighted by atomic mass is 32.2. The fourth-order valence-corrected chi connectivity index (χ4v) is 2.33. The fourth-order valence-electron chi connectivity index (χ4n) is 1.70. The van der Waals surface area contributed by atoms with Gasteiger partial charge in [0.05, 0.1) is 5.25 Å². The van der Waals surface area contributed by atoms with Crippen molar-refractivity contribution in [1.82, 2.24) is 4.90 Å². The number of nitrogens with zero attached hydrogens (tertiary/aromatic N) is 1. The minimum Gasteiger partial charge on any atom is -0.282 e. The zero-order chi connectivity index (χ0) is 12.0. The lowest BCUT2D eigenvalue weighted by Crippen LogP contribution is -2.32. The summed E-state index contributed by atoms with van der Waals surface area (Å²) in [6.07, 6.45) is 6.04. The molecule has 0 radical (unpaired) electrons. The monoisotopic (exact) mass is 230 g/mol. The second-order valence-electron chi connectivity index (χ2n) is 3.73. The Kier molecular flexibility index (Phi) is 4.51. The van der Waals surface area contributed by atoms with Gasteiger partial charge in [-0.1, -0.05) is 26.2 Å². The number of rotatable bonds is 6. The first-order valence-electron chi connectivity index (χ1n) is 6.07. The lowest BCUT2D eigenvalue weighted by Gasteiger charge is -2.13. The molecule has 0 aromatic rings. The quantitative estimate of drug-likeness (QED) is 0.518. The van der Waals surface area contributed by atoms with Crippen molar-refractivity contribution in [1.29, 1.82) is 0 Å². The van der Waals surface area contributed by atoms with Crippen LogP contribution in [0.2, 0.25) is 0 Å². The van der Waals surface area contributed by atoms with E-state index in [1.54, 1.807) is 0 Å². The minimum absolute atomic E-state index is 0.0157. The molecule has 0 aromatic carbocycles. The summed E-state index contributed by atoms with van der Waals surface area (Å²) in [4.78, 5) is 24.7. The number of unbranched alkanes of at least 4 members (excludes halogenated alkanes) is 3. The molecule has 1 rings (SSSR count). The van der Waals surface area contributed by atoms with Crippen LogP contribution in [0, 0.1) is 0 Å². The molecular weight excluding hydrogens is 210 g/mol. The number of carbonyl (C=O) groups is 2. The van der Waals surface area contributed by atoms with Crippen molar-refractivity contribution >= 4 is 23.6 Å².